The lowest BCUT2D eigenvalue weighted by atomic mass is 10.0. The van der Waals surface area contributed by atoms with Crippen LogP contribution >= 0.6 is 0 Å². The van der Waals surface area contributed by atoms with Gasteiger partial charge in [0.25, 0.3) is 0 Å². The maximum Gasteiger partial charge on any atom is 0.123 e. The number of benzene rings is 1. The van der Waals surface area contributed by atoms with Crippen LogP contribution in [-0.4, -0.2) is 37.8 Å². The van der Waals surface area contributed by atoms with Crippen molar-refractivity contribution < 1.29 is 9.84 Å². The summed E-state index contributed by atoms with van der Waals surface area (Å²) in [6.45, 7) is 1.27. The quantitative estimate of drug-likeness (QED) is 0.780. The highest BCUT2D eigenvalue weighted by molar-refractivity contribution is 5.38. The Balaban J connectivity index is 2.95. The van der Waals surface area contributed by atoms with Gasteiger partial charge in [0.05, 0.1) is 13.2 Å². The molecule has 0 radical (unpaired) electrons. The molecule has 0 spiro atoms. The van der Waals surface area contributed by atoms with Gasteiger partial charge in [0.15, 0.2) is 0 Å². The molecular formula is C13H22N2O2. The van der Waals surface area contributed by atoms with Crippen LogP contribution in [0.25, 0.3) is 0 Å². The van der Waals surface area contributed by atoms with E-state index in [1.165, 1.54) is 0 Å². The van der Waals surface area contributed by atoms with E-state index in [0.717, 1.165) is 23.4 Å². The summed E-state index contributed by atoms with van der Waals surface area (Å²) in [4.78, 5) is 2.07. The van der Waals surface area contributed by atoms with Crippen molar-refractivity contribution in [2.75, 3.05) is 27.7 Å². The molecule has 0 aliphatic carbocycles. The average Bonchev–Trinajstić information content (AvgIpc) is 2.28. The van der Waals surface area contributed by atoms with Crippen LogP contribution in [0.15, 0.2) is 18.2 Å². The van der Waals surface area contributed by atoms with E-state index in [-0.39, 0.29) is 0 Å². The highest BCUT2D eigenvalue weighted by Gasteiger charge is 2.11. The smallest absolute Gasteiger partial charge is 0.123 e. The van der Waals surface area contributed by atoms with Crippen molar-refractivity contribution in [3.05, 3.63) is 29.3 Å². The largest absolute Gasteiger partial charge is 0.496 e. The molecule has 96 valence electrons. The first-order valence-electron chi connectivity index (χ1n) is 5.78. The molecule has 1 aromatic carbocycles. The van der Waals surface area contributed by atoms with Crippen molar-refractivity contribution in [2.24, 2.45) is 5.73 Å². The summed E-state index contributed by atoms with van der Waals surface area (Å²) in [7, 11) is 5.66. The Kier molecular flexibility index (Phi) is 5.41. The monoisotopic (exact) mass is 238 g/mol. The van der Waals surface area contributed by atoms with Crippen LogP contribution in [0.5, 0.6) is 5.75 Å². The predicted octanol–water partition coefficient (Wildman–Crippen LogP) is 1.14. The molecule has 1 atom stereocenters. The minimum Gasteiger partial charge on any atom is -0.496 e. The molecule has 0 aromatic heterocycles. The SMILES string of the molecule is COc1ccc([C@H](O)CCN)cc1CN(C)C. The molecule has 0 saturated heterocycles. The van der Waals surface area contributed by atoms with Crippen molar-refractivity contribution in [3.63, 3.8) is 0 Å². The Morgan fingerprint density at radius 3 is 2.65 bits per heavy atom. The third-order valence-electron chi connectivity index (χ3n) is 2.62. The summed E-state index contributed by atoms with van der Waals surface area (Å²) >= 11 is 0. The molecule has 0 aliphatic heterocycles. The number of methoxy groups -OCH3 is 1. The summed E-state index contributed by atoms with van der Waals surface area (Å²) < 4.78 is 5.31. The van der Waals surface area contributed by atoms with Crippen LogP contribution in [-0.2, 0) is 6.54 Å². The van der Waals surface area contributed by atoms with Gasteiger partial charge in [-0.25, -0.2) is 0 Å². The lowest BCUT2D eigenvalue weighted by molar-refractivity contribution is 0.170. The topological polar surface area (TPSA) is 58.7 Å². The first-order valence-corrected chi connectivity index (χ1v) is 5.78. The van der Waals surface area contributed by atoms with Crippen LogP contribution in [0.4, 0.5) is 0 Å². The van der Waals surface area contributed by atoms with E-state index in [9.17, 15) is 5.11 Å². The van der Waals surface area contributed by atoms with Gasteiger partial charge < -0.3 is 20.5 Å². The molecule has 0 aliphatic rings. The van der Waals surface area contributed by atoms with Crippen LogP contribution < -0.4 is 10.5 Å². The van der Waals surface area contributed by atoms with Crippen molar-refractivity contribution in [1.29, 1.82) is 0 Å². The van der Waals surface area contributed by atoms with Crippen molar-refractivity contribution in [1.82, 2.24) is 4.90 Å². The number of hydrogen-bond donors (Lipinski definition) is 2. The molecule has 0 saturated carbocycles. The number of nitrogens with two attached hydrogens (primary N) is 1. The van der Waals surface area contributed by atoms with Gasteiger partial charge in [0.2, 0.25) is 0 Å². The fourth-order valence-electron chi connectivity index (χ4n) is 1.79. The normalized spacial score (nSPS) is 12.8. The van der Waals surface area contributed by atoms with Crippen molar-refractivity contribution in [2.45, 2.75) is 19.1 Å². The highest BCUT2D eigenvalue weighted by atomic mass is 16.5. The van der Waals surface area contributed by atoms with E-state index in [1.54, 1.807) is 7.11 Å². The van der Waals surface area contributed by atoms with Gasteiger partial charge >= 0.3 is 0 Å². The zero-order valence-corrected chi connectivity index (χ0v) is 10.8. The van der Waals surface area contributed by atoms with E-state index in [4.69, 9.17) is 10.5 Å². The average molecular weight is 238 g/mol. The van der Waals surface area contributed by atoms with Gasteiger partial charge in [-0.1, -0.05) is 6.07 Å². The summed E-state index contributed by atoms with van der Waals surface area (Å²) in [6.07, 6.45) is 0.0834. The minimum atomic E-state index is -0.494. The fraction of sp³-hybridized carbons (Fsp3) is 0.538. The summed E-state index contributed by atoms with van der Waals surface area (Å²) in [6, 6.07) is 5.77. The maximum atomic E-state index is 9.91. The maximum absolute atomic E-state index is 9.91. The number of ether oxygens (including phenoxy) is 1. The number of aliphatic hydroxyl groups is 1. The molecule has 17 heavy (non-hydrogen) atoms. The predicted molar refractivity (Wildman–Crippen MR) is 69.0 cm³/mol. The molecule has 1 aromatic rings. The standard InChI is InChI=1S/C13H22N2O2/c1-15(2)9-11-8-10(12(16)6-7-14)4-5-13(11)17-3/h4-5,8,12,16H,6-7,9,14H2,1-3H3/t12-/m1/s1. The summed E-state index contributed by atoms with van der Waals surface area (Å²) in [5.74, 6) is 0.849. The zero-order valence-electron chi connectivity index (χ0n) is 10.8. The Bertz CT molecular complexity index is 353. The second-order valence-electron chi connectivity index (χ2n) is 4.40. The lowest BCUT2D eigenvalue weighted by Gasteiger charge is -2.17. The molecule has 4 nitrogen and oxygen atoms in total. The second-order valence-corrected chi connectivity index (χ2v) is 4.40. The molecule has 1 rings (SSSR count). The van der Waals surface area contributed by atoms with Crippen LogP contribution in [0.2, 0.25) is 0 Å². The van der Waals surface area contributed by atoms with E-state index in [2.05, 4.69) is 4.90 Å². The summed E-state index contributed by atoms with van der Waals surface area (Å²) in [5.41, 5.74) is 7.42. The van der Waals surface area contributed by atoms with Crippen LogP contribution in [0.1, 0.15) is 23.7 Å². The molecular weight excluding hydrogens is 216 g/mol. The lowest BCUT2D eigenvalue weighted by Crippen LogP contribution is -2.13. The van der Waals surface area contributed by atoms with E-state index < -0.39 is 6.10 Å². The second kappa shape index (κ2) is 6.59. The van der Waals surface area contributed by atoms with Gasteiger partial charge in [-0.2, -0.15) is 0 Å². The van der Waals surface area contributed by atoms with Crippen LogP contribution in [0, 0.1) is 0 Å². The third kappa shape index (κ3) is 4.00. The number of rotatable bonds is 6. The zero-order chi connectivity index (χ0) is 12.8. The Hall–Kier alpha value is -1.10. The number of nitrogens with zero attached hydrogens (tertiary/aromatic N) is 1. The molecule has 0 bridgehead atoms. The van der Waals surface area contributed by atoms with E-state index >= 15 is 0 Å². The Morgan fingerprint density at radius 1 is 1.41 bits per heavy atom. The van der Waals surface area contributed by atoms with Crippen molar-refractivity contribution in [3.8, 4) is 5.75 Å². The summed E-state index contributed by atoms with van der Waals surface area (Å²) in [5, 5.41) is 9.91. The van der Waals surface area contributed by atoms with E-state index in [0.29, 0.717) is 13.0 Å². The van der Waals surface area contributed by atoms with Crippen molar-refractivity contribution >= 4 is 0 Å². The fourth-order valence-corrected chi connectivity index (χ4v) is 1.79. The van der Waals surface area contributed by atoms with Gasteiger partial charge in [0, 0.05) is 12.1 Å². The molecule has 0 heterocycles. The van der Waals surface area contributed by atoms with Gasteiger partial charge in [-0.3, -0.25) is 0 Å². The molecule has 0 fully saturated rings. The molecule has 0 unspecified atom stereocenters. The van der Waals surface area contributed by atoms with Crippen LogP contribution in [0.3, 0.4) is 0 Å². The Morgan fingerprint density at radius 2 is 2.12 bits per heavy atom. The van der Waals surface area contributed by atoms with Gasteiger partial charge in [-0.05, 0) is 44.8 Å². The molecule has 3 N–H and O–H groups in total. The highest BCUT2D eigenvalue weighted by Crippen LogP contribution is 2.25. The van der Waals surface area contributed by atoms with Gasteiger partial charge in [-0.15, -0.1) is 0 Å². The molecule has 4 heteroatoms. The first-order chi connectivity index (χ1) is 8.08. The number of hydrogen-bond acceptors (Lipinski definition) is 4. The Labute approximate surface area is 103 Å². The third-order valence-corrected chi connectivity index (χ3v) is 2.62. The van der Waals surface area contributed by atoms with Gasteiger partial charge in [0.1, 0.15) is 5.75 Å². The number of aliphatic hydroxyl groups excluding tert-OH is 1. The first kappa shape index (κ1) is 14.0. The molecule has 0 amide bonds. The van der Waals surface area contributed by atoms with E-state index in [1.807, 2.05) is 32.3 Å². The minimum absolute atomic E-state index is 0.482.